The minimum Gasteiger partial charge on any atom is -0.497 e. The molecule has 0 spiro atoms. The number of carbonyl (C=O) groups excluding carboxylic acids is 1. The van der Waals surface area contributed by atoms with Crippen LogP contribution in [0.2, 0.25) is 0 Å². The van der Waals surface area contributed by atoms with Gasteiger partial charge in [-0.15, -0.1) is 0 Å². The van der Waals surface area contributed by atoms with Gasteiger partial charge in [-0.2, -0.15) is 0 Å². The third kappa shape index (κ3) is 3.49. The van der Waals surface area contributed by atoms with Gasteiger partial charge in [0.15, 0.2) is 0 Å². The molecule has 5 heteroatoms. The quantitative estimate of drug-likeness (QED) is 0.877. The number of hydrogen-bond acceptors (Lipinski definition) is 4. The lowest BCUT2D eigenvalue weighted by atomic mass is 10.2. The Kier molecular flexibility index (Phi) is 4.98. The van der Waals surface area contributed by atoms with Crippen LogP contribution in [-0.4, -0.2) is 55.3 Å². The summed E-state index contributed by atoms with van der Waals surface area (Å²) in [7, 11) is 1.62. The first-order valence-electron chi connectivity index (χ1n) is 6.99. The highest BCUT2D eigenvalue weighted by molar-refractivity contribution is 5.95. The van der Waals surface area contributed by atoms with Crippen molar-refractivity contribution in [1.29, 1.82) is 0 Å². The maximum absolute atomic E-state index is 12.2. The Morgan fingerprint density at radius 3 is 2.85 bits per heavy atom. The molecule has 5 nitrogen and oxygen atoms in total. The number of piperazine rings is 1. The number of aliphatic hydroxyl groups excluding tert-OH is 1. The van der Waals surface area contributed by atoms with Crippen molar-refractivity contribution < 1.29 is 14.6 Å². The van der Waals surface area contributed by atoms with Gasteiger partial charge in [-0.3, -0.25) is 9.69 Å². The van der Waals surface area contributed by atoms with Gasteiger partial charge in [0.25, 0.3) is 0 Å². The predicted octanol–water partition coefficient (Wildman–Crippen LogP) is 1.11. The molecule has 0 aliphatic carbocycles. The van der Waals surface area contributed by atoms with Crippen LogP contribution in [0.1, 0.15) is 13.3 Å². The highest BCUT2D eigenvalue weighted by atomic mass is 16.5. The van der Waals surface area contributed by atoms with Crippen LogP contribution in [0.4, 0.5) is 5.69 Å². The lowest BCUT2D eigenvalue weighted by molar-refractivity contribution is -0.121. The fraction of sp³-hybridized carbons (Fsp3) is 0.533. The van der Waals surface area contributed by atoms with Gasteiger partial charge in [-0.1, -0.05) is 13.0 Å². The van der Waals surface area contributed by atoms with Crippen molar-refractivity contribution >= 4 is 11.6 Å². The fourth-order valence-electron chi connectivity index (χ4n) is 2.36. The van der Waals surface area contributed by atoms with Gasteiger partial charge in [0.2, 0.25) is 5.91 Å². The van der Waals surface area contributed by atoms with Crippen LogP contribution in [-0.2, 0) is 4.79 Å². The number of rotatable bonds is 5. The summed E-state index contributed by atoms with van der Waals surface area (Å²) in [6.45, 7) is 4.28. The zero-order valence-electron chi connectivity index (χ0n) is 12.1. The van der Waals surface area contributed by atoms with E-state index in [0.717, 1.165) is 18.0 Å². The second-order valence-corrected chi connectivity index (χ2v) is 5.04. The summed E-state index contributed by atoms with van der Waals surface area (Å²) in [6.07, 6.45) is 0.357. The first-order valence-corrected chi connectivity index (χ1v) is 6.99. The van der Waals surface area contributed by atoms with Crippen LogP contribution in [0.3, 0.4) is 0 Å². The van der Waals surface area contributed by atoms with E-state index in [1.165, 1.54) is 0 Å². The molecular weight excluding hydrogens is 256 g/mol. The molecule has 1 heterocycles. The zero-order valence-corrected chi connectivity index (χ0v) is 12.1. The molecule has 0 aromatic heterocycles. The van der Waals surface area contributed by atoms with E-state index >= 15 is 0 Å². The van der Waals surface area contributed by atoms with E-state index in [1.54, 1.807) is 12.0 Å². The third-order valence-corrected chi connectivity index (χ3v) is 3.60. The Labute approximate surface area is 119 Å². The van der Waals surface area contributed by atoms with E-state index in [-0.39, 0.29) is 12.0 Å². The summed E-state index contributed by atoms with van der Waals surface area (Å²) in [6, 6.07) is 7.53. The van der Waals surface area contributed by atoms with E-state index in [0.29, 0.717) is 26.1 Å². The van der Waals surface area contributed by atoms with E-state index in [1.807, 2.05) is 36.1 Å². The van der Waals surface area contributed by atoms with Crippen LogP contribution in [0, 0.1) is 0 Å². The lowest BCUT2D eigenvalue weighted by Crippen LogP contribution is -2.52. The number of amides is 1. The summed E-state index contributed by atoms with van der Waals surface area (Å²) in [5, 5.41) is 9.66. The number of nitrogens with zero attached hydrogens (tertiary/aromatic N) is 2. The number of methoxy groups -OCH3 is 1. The van der Waals surface area contributed by atoms with Crippen LogP contribution >= 0.6 is 0 Å². The molecule has 1 saturated heterocycles. The standard InChI is InChI=1S/C15H22N2O3/c1-3-13(18)10-16-7-8-17(15(19)11-16)12-5-4-6-14(9-12)20-2/h4-6,9,13,18H,3,7-8,10-11H2,1-2H3. The average Bonchev–Trinajstić information content (AvgIpc) is 2.47. The summed E-state index contributed by atoms with van der Waals surface area (Å²) in [5.74, 6) is 0.812. The van der Waals surface area contributed by atoms with Crippen molar-refractivity contribution in [2.45, 2.75) is 19.4 Å². The molecule has 1 unspecified atom stereocenters. The SMILES string of the molecule is CCC(O)CN1CCN(c2cccc(OC)c2)C(=O)C1. The first kappa shape index (κ1) is 14.8. The van der Waals surface area contributed by atoms with Gasteiger partial charge in [-0.05, 0) is 18.6 Å². The fourth-order valence-corrected chi connectivity index (χ4v) is 2.36. The molecule has 0 saturated carbocycles. The maximum Gasteiger partial charge on any atom is 0.241 e. The van der Waals surface area contributed by atoms with Crippen LogP contribution in [0.15, 0.2) is 24.3 Å². The highest BCUT2D eigenvalue weighted by Crippen LogP contribution is 2.22. The predicted molar refractivity (Wildman–Crippen MR) is 78.1 cm³/mol. The minimum absolute atomic E-state index is 0.0628. The molecule has 1 aromatic carbocycles. The van der Waals surface area contributed by atoms with Crippen molar-refractivity contribution in [3.8, 4) is 5.75 Å². The first-order chi connectivity index (χ1) is 9.63. The van der Waals surface area contributed by atoms with E-state index < -0.39 is 0 Å². The minimum atomic E-state index is -0.355. The summed E-state index contributed by atoms with van der Waals surface area (Å²) >= 11 is 0. The molecule has 1 aliphatic heterocycles. The Balaban J connectivity index is 2.00. The van der Waals surface area contributed by atoms with Gasteiger partial charge >= 0.3 is 0 Å². The second-order valence-electron chi connectivity index (χ2n) is 5.04. The Morgan fingerprint density at radius 2 is 2.20 bits per heavy atom. The van der Waals surface area contributed by atoms with Crippen LogP contribution in [0.5, 0.6) is 5.75 Å². The van der Waals surface area contributed by atoms with Gasteiger partial charge in [0, 0.05) is 31.4 Å². The molecule has 2 rings (SSSR count). The smallest absolute Gasteiger partial charge is 0.241 e. The molecule has 1 aliphatic rings. The Morgan fingerprint density at radius 1 is 1.40 bits per heavy atom. The van der Waals surface area contributed by atoms with E-state index in [4.69, 9.17) is 4.74 Å². The molecule has 20 heavy (non-hydrogen) atoms. The van der Waals surface area contributed by atoms with Crippen molar-refractivity contribution in [3.63, 3.8) is 0 Å². The number of hydrogen-bond donors (Lipinski definition) is 1. The van der Waals surface area contributed by atoms with E-state index in [9.17, 15) is 9.90 Å². The molecule has 1 N–H and O–H groups in total. The summed E-state index contributed by atoms with van der Waals surface area (Å²) in [4.78, 5) is 16.0. The van der Waals surface area contributed by atoms with Gasteiger partial charge in [0.05, 0.1) is 19.8 Å². The van der Waals surface area contributed by atoms with Gasteiger partial charge < -0.3 is 14.7 Å². The molecule has 0 radical (unpaired) electrons. The van der Waals surface area contributed by atoms with E-state index in [2.05, 4.69) is 0 Å². The van der Waals surface area contributed by atoms with Crippen molar-refractivity contribution in [2.75, 3.05) is 38.2 Å². The molecule has 110 valence electrons. The number of anilines is 1. The monoisotopic (exact) mass is 278 g/mol. The van der Waals surface area contributed by atoms with Crippen molar-refractivity contribution in [2.24, 2.45) is 0 Å². The molecule has 1 amide bonds. The largest absolute Gasteiger partial charge is 0.497 e. The number of benzene rings is 1. The topological polar surface area (TPSA) is 53.0 Å². The average molecular weight is 278 g/mol. The Hall–Kier alpha value is -1.59. The van der Waals surface area contributed by atoms with Crippen molar-refractivity contribution in [1.82, 2.24) is 4.90 Å². The number of carbonyl (C=O) groups is 1. The lowest BCUT2D eigenvalue weighted by Gasteiger charge is -2.35. The molecule has 1 fully saturated rings. The van der Waals surface area contributed by atoms with Crippen LogP contribution in [0.25, 0.3) is 0 Å². The number of β-amino-alcohol motifs (C(OH)–C–C–N with tert-alkyl or cyclic N) is 1. The van der Waals surface area contributed by atoms with Crippen molar-refractivity contribution in [3.05, 3.63) is 24.3 Å². The third-order valence-electron chi connectivity index (χ3n) is 3.60. The second kappa shape index (κ2) is 6.72. The maximum atomic E-state index is 12.2. The summed E-state index contributed by atoms with van der Waals surface area (Å²) in [5.41, 5.74) is 0.866. The highest BCUT2D eigenvalue weighted by Gasteiger charge is 2.26. The molecule has 1 atom stereocenters. The Bertz CT molecular complexity index is 464. The zero-order chi connectivity index (χ0) is 14.5. The molecule has 0 bridgehead atoms. The number of aliphatic hydroxyl groups is 1. The van der Waals surface area contributed by atoms with Gasteiger partial charge in [-0.25, -0.2) is 0 Å². The van der Waals surface area contributed by atoms with Gasteiger partial charge in [0.1, 0.15) is 5.75 Å². The molecular formula is C15H22N2O3. The summed E-state index contributed by atoms with van der Waals surface area (Å²) < 4.78 is 5.19. The number of ether oxygens (including phenoxy) is 1. The molecule has 1 aromatic rings. The normalized spacial score (nSPS) is 18.1. The van der Waals surface area contributed by atoms with Crippen LogP contribution < -0.4 is 9.64 Å².